The molecular formula is C10H9BrN2O2. The molecule has 0 aliphatic carbocycles. The smallest absolute Gasteiger partial charge is 0.359 e. The molecule has 78 valence electrons. The van der Waals surface area contributed by atoms with E-state index in [4.69, 9.17) is 0 Å². The molecular weight excluding hydrogens is 260 g/mol. The number of rotatable bonds is 1. The molecule has 0 spiro atoms. The van der Waals surface area contributed by atoms with Gasteiger partial charge in [-0.15, -0.1) is 0 Å². The lowest BCUT2D eigenvalue weighted by atomic mass is 10.1. The Morgan fingerprint density at radius 1 is 1.53 bits per heavy atom. The van der Waals surface area contributed by atoms with E-state index in [1.54, 1.807) is 0 Å². The van der Waals surface area contributed by atoms with E-state index in [2.05, 4.69) is 30.9 Å². The second kappa shape index (κ2) is 3.66. The number of H-pyrrole nitrogens is 1. The summed E-state index contributed by atoms with van der Waals surface area (Å²) in [5.74, 6) is -0.428. The number of nitrogens with one attached hydrogen (secondary N) is 1. The van der Waals surface area contributed by atoms with Gasteiger partial charge in [0, 0.05) is 9.86 Å². The largest absolute Gasteiger partial charge is 0.464 e. The fraction of sp³-hybridized carbons (Fsp3) is 0.200. The zero-order valence-electron chi connectivity index (χ0n) is 8.30. The Kier molecular flexibility index (Phi) is 2.48. The number of hydrogen-bond donors (Lipinski definition) is 1. The molecule has 2 aromatic rings. The second-order valence-electron chi connectivity index (χ2n) is 3.16. The Balaban J connectivity index is 2.77. The number of aromatic amines is 1. The monoisotopic (exact) mass is 268 g/mol. The summed E-state index contributed by atoms with van der Waals surface area (Å²) < 4.78 is 5.61. The first-order chi connectivity index (χ1) is 7.15. The molecule has 15 heavy (non-hydrogen) atoms. The van der Waals surface area contributed by atoms with Crippen molar-refractivity contribution in [3.05, 3.63) is 27.9 Å². The summed E-state index contributed by atoms with van der Waals surface area (Å²) in [5.41, 5.74) is 2.13. The number of aromatic nitrogens is 2. The minimum atomic E-state index is -0.428. The Labute approximate surface area is 94.7 Å². The standard InChI is InChI=1S/C10H9BrN2O2/c1-5-6(11)3-4-7-8(5)9(13-12-7)10(14)15-2/h3-4H,1-2H3,(H,12,13). The fourth-order valence-corrected chi connectivity index (χ4v) is 1.83. The molecule has 0 fully saturated rings. The van der Waals surface area contributed by atoms with Crippen LogP contribution in [0, 0.1) is 6.92 Å². The number of aryl methyl sites for hydroxylation is 1. The average Bonchev–Trinajstić information content (AvgIpc) is 2.67. The lowest BCUT2D eigenvalue weighted by Gasteiger charge is -2.00. The van der Waals surface area contributed by atoms with Crippen molar-refractivity contribution >= 4 is 32.8 Å². The van der Waals surface area contributed by atoms with Crippen molar-refractivity contribution in [2.75, 3.05) is 7.11 Å². The van der Waals surface area contributed by atoms with Gasteiger partial charge in [0.1, 0.15) is 0 Å². The average molecular weight is 269 g/mol. The summed E-state index contributed by atoms with van der Waals surface area (Å²) in [6.45, 7) is 1.92. The van der Waals surface area contributed by atoms with Crippen LogP contribution in [0.3, 0.4) is 0 Å². The van der Waals surface area contributed by atoms with Crippen molar-refractivity contribution in [3.8, 4) is 0 Å². The topological polar surface area (TPSA) is 55.0 Å². The van der Waals surface area contributed by atoms with Crippen LogP contribution in [0.4, 0.5) is 0 Å². The van der Waals surface area contributed by atoms with Crippen LogP contribution in [-0.4, -0.2) is 23.3 Å². The normalized spacial score (nSPS) is 10.6. The first-order valence-electron chi connectivity index (χ1n) is 4.36. The minimum absolute atomic E-state index is 0.325. The molecule has 0 unspecified atom stereocenters. The molecule has 0 aliphatic heterocycles. The molecule has 5 heteroatoms. The van der Waals surface area contributed by atoms with Crippen LogP contribution in [0.1, 0.15) is 16.1 Å². The van der Waals surface area contributed by atoms with E-state index in [1.807, 2.05) is 19.1 Å². The van der Waals surface area contributed by atoms with Crippen molar-refractivity contribution in [2.24, 2.45) is 0 Å². The maximum absolute atomic E-state index is 11.4. The summed E-state index contributed by atoms with van der Waals surface area (Å²) >= 11 is 3.41. The number of carbonyl (C=O) groups is 1. The highest BCUT2D eigenvalue weighted by atomic mass is 79.9. The summed E-state index contributed by atoms with van der Waals surface area (Å²) in [4.78, 5) is 11.4. The first-order valence-corrected chi connectivity index (χ1v) is 5.16. The first kappa shape index (κ1) is 10.2. The van der Waals surface area contributed by atoms with Gasteiger partial charge >= 0.3 is 5.97 Å². The van der Waals surface area contributed by atoms with Crippen LogP contribution in [-0.2, 0) is 4.74 Å². The second-order valence-corrected chi connectivity index (χ2v) is 4.01. The zero-order valence-corrected chi connectivity index (χ0v) is 9.88. The Morgan fingerprint density at radius 3 is 2.93 bits per heavy atom. The third-order valence-electron chi connectivity index (χ3n) is 2.30. The van der Waals surface area contributed by atoms with Gasteiger partial charge in [0.05, 0.1) is 12.6 Å². The van der Waals surface area contributed by atoms with Crippen molar-refractivity contribution in [1.29, 1.82) is 0 Å². The Morgan fingerprint density at radius 2 is 2.27 bits per heavy atom. The van der Waals surface area contributed by atoms with E-state index >= 15 is 0 Å². The molecule has 1 aromatic carbocycles. The van der Waals surface area contributed by atoms with Gasteiger partial charge in [-0.05, 0) is 24.6 Å². The van der Waals surface area contributed by atoms with Crippen molar-refractivity contribution < 1.29 is 9.53 Å². The van der Waals surface area contributed by atoms with Crippen LogP contribution < -0.4 is 0 Å². The Hall–Kier alpha value is -1.36. The summed E-state index contributed by atoms with van der Waals surface area (Å²) in [7, 11) is 1.34. The van der Waals surface area contributed by atoms with Crippen molar-refractivity contribution in [1.82, 2.24) is 10.2 Å². The molecule has 1 aromatic heterocycles. The third-order valence-corrected chi connectivity index (χ3v) is 3.16. The molecule has 0 bridgehead atoms. The highest BCUT2D eigenvalue weighted by molar-refractivity contribution is 9.10. The van der Waals surface area contributed by atoms with Crippen LogP contribution in [0.15, 0.2) is 16.6 Å². The minimum Gasteiger partial charge on any atom is -0.464 e. The van der Waals surface area contributed by atoms with E-state index < -0.39 is 5.97 Å². The number of halogens is 1. The molecule has 0 radical (unpaired) electrons. The fourth-order valence-electron chi connectivity index (χ4n) is 1.50. The van der Waals surface area contributed by atoms with Gasteiger partial charge < -0.3 is 4.74 Å². The van der Waals surface area contributed by atoms with Crippen LogP contribution in [0.5, 0.6) is 0 Å². The number of ether oxygens (including phenoxy) is 1. The zero-order chi connectivity index (χ0) is 11.0. The molecule has 0 saturated heterocycles. The van der Waals surface area contributed by atoms with Gasteiger partial charge in [-0.3, -0.25) is 5.10 Å². The predicted octanol–water partition coefficient (Wildman–Crippen LogP) is 2.42. The quantitative estimate of drug-likeness (QED) is 0.809. The highest BCUT2D eigenvalue weighted by Gasteiger charge is 2.16. The molecule has 0 atom stereocenters. The number of nitrogens with zero attached hydrogens (tertiary/aromatic N) is 1. The van der Waals surface area contributed by atoms with Gasteiger partial charge in [0.2, 0.25) is 0 Å². The van der Waals surface area contributed by atoms with Crippen LogP contribution in [0.2, 0.25) is 0 Å². The number of hydrogen-bond acceptors (Lipinski definition) is 3. The SMILES string of the molecule is COC(=O)c1n[nH]c2ccc(Br)c(C)c12. The molecule has 1 N–H and O–H groups in total. The maximum Gasteiger partial charge on any atom is 0.359 e. The van der Waals surface area contributed by atoms with E-state index in [0.717, 1.165) is 20.9 Å². The number of carbonyl (C=O) groups excluding carboxylic acids is 1. The van der Waals surface area contributed by atoms with E-state index in [0.29, 0.717) is 5.69 Å². The highest BCUT2D eigenvalue weighted by Crippen LogP contribution is 2.27. The van der Waals surface area contributed by atoms with E-state index in [-0.39, 0.29) is 0 Å². The Bertz CT molecular complexity index is 533. The van der Waals surface area contributed by atoms with Gasteiger partial charge in [0.15, 0.2) is 5.69 Å². The molecule has 1 heterocycles. The summed E-state index contributed by atoms with van der Waals surface area (Å²) in [6, 6.07) is 3.78. The lowest BCUT2D eigenvalue weighted by molar-refractivity contribution is 0.0596. The van der Waals surface area contributed by atoms with Gasteiger partial charge in [-0.1, -0.05) is 15.9 Å². The van der Waals surface area contributed by atoms with Crippen LogP contribution in [0.25, 0.3) is 10.9 Å². The molecule has 0 amide bonds. The van der Waals surface area contributed by atoms with E-state index in [1.165, 1.54) is 7.11 Å². The van der Waals surface area contributed by atoms with Gasteiger partial charge in [-0.2, -0.15) is 5.10 Å². The summed E-state index contributed by atoms with van der Waals surface area (Å²) in [5, 5.41) is 7.55. The number of esters is 1. The van der Waals surface area contributed by atoms with Crippen LogP contribution >= 0.6 is 15.9 Å². The molecule has 0 saturated carbocycles. The van der Waals surface area contributed by atoms with Gasteiger partial charge in [-0.25, -0.2) is 4.79 Å². The molecule has 0 aliphatic rings. The van der Waals surface area contributed by atoms with Crippen molar-refractivity contribution in [2.45, 2.75) is 6.92 Å². The predicted molar refractivity (Wildman–Crippen MR) is 59.9 cm³/mol. The van der Waals surface area contributed by atoms with E-state index in [9.17, 15) is 4.79 Å². The number of benzene rings is 1. The third kappa shape index (κ3) is 1.52. The molecule has 4 nitrogen and oxygen atoms in total. The number of fused-ring (bicyclic) bond motifs is 1. The number of methoxy groups -OCH3 is 1. The summed E-state index contributed by atoms with van der Waals surface area (Å²) in [6.07, 6.45) is 0. The molecule has 2 rings (SSSR count). The van der Waals surface area contributed by atoms with Gasteiger partial charge in [0.25, 0.3) is 0 Å². The maximum atomic E-state index is 11.4. The lowest BCUT2D eigenvalue weighted by Crippen LogP contribution is -2.02. The van der Waals surface area contributed by atoms with Crippen molar-refractivity contribution in [3.63, 3.8) is 0 Å².